The summed E-state index contributed by atoms with van der Waals surface area (Å²) in [5.74, 6) is 0.730. The van der Waals surface area contributed by atoms with E-state index < -0.39 is 0 Å². The summed E-state index contributed by atoms with van der Waals surface area (Å²) in [7, 11) is 0. The summed E-state index contributed by atoms with van der Waals surface area (Å²) < 4.78 is 0. The van der Waals surface area contributed by atoms with E-state index in [1.165, 1.54) is 5.56 Å². The molecule has 0 radical (unpaired) electrons. The van der Waals surface area contributed by atoms with Crippen LogP contribution in [0.1, 0.15) is 11.3 Å². The molecule has 0 aliphatic rings. The van der Waals surface area contributed by atoms with Crippen LogP contribution in [0.2, 0.25) is 0 Å². The van der Waals surface area contributed by atoms with E-state index in [0.29, 0.717) is 5.69 Å². The fourth-order valence-electron chi connectivity index (χ4n) is 1.48. The van der Waals surface area contributed by atoms with Crippen molar-refractivity contribution >= 4 is 5.82 Å². The Morgan fingerprint density at radius 1 is 1.24 bits per heavy atom. The molecular formula is C13H12N4. The summed E-state index contributed by atoms with van der Waals surface area (Å²) in [5.41, 5.74) is 1.60. The topological polar surface area (TPSA) is 61.6 Å². The Balaban J connectivity index is 1.88. The van der Waals surface area contributed by atoms with Crippen LogP contribution in [0.3, 0.4) is 0 Å². The molecule has 2 heterocycles. The standard InChI is InChI=1S/C13H12N4/c14-9-12-4-1-5-13(17-12)16-8-6-11-3-2-7-15-10-11/h1-5,7,10H,6,8H2,(H,16,17). The highest BCUT2D eigenvalue weighted by Gasteiger charge is 1.96. The maximum absolute atomic E-state index is 8.72. The predicted molar refractivity (Wildman–Crippen MR) is 65.4 cm³/mol. The lowest BCUT2D eigenvalue weighted by atomic mass is 10.2. The van der Waals surface area contributed by atoms with Gasteiger partial charge in [-0.2, -0.15) is 5.26 Å². The molecular weight excluding hydrogens is 212 g/mol. The van der Waals surface area contributed by atoms with Crippen LogP contribution in [0, 0.1) is 11.3 Å². The highest BCUT2D eigenvalue weighted by atomic mass is 15.0. The van der Waals surface area contributed by atoms with Crippen molar-refractivity contribution in [3.63, 3.8) is 0 Å². The van der Waals surface area contributed by atoms with Crippen molar-refractivity contribution in [2.75, 3.05) is 11.9 Å². The molecule has 0 aliphatic carbocycles. The van der Waals surface area contributed by atoms with Crippen molar-refractivity contribution in [2.45, 2.75) is 6.42 Å². The fraction of sp³-hybridized carbons (Fsp3) is 0.154. The van der Waals surface area contributed by atoms with Gasteiger partial charge in [0.2, 0.25) is 0 Å². The average Bonchev–Trinajstić information content (AvgIpc) is 2.40. The van der Waals surface area contributed by atoms with Crippen LogP contribution in [0.5, 0.6) is 0 Å². The molecule has 0 atom stereocenters. The minimum absolute atomic E-state index is 0.427. The number of nitrogens with one attached hydrogen (secondary N) is 1. The van der Waals surface area contributed by atoms with Crippen molar-refractivity contribution in [3.8, 4) is 6.07 Å². The molecule has 0 fully saturated rings. The van der Waals surface area contributed by atoms with E-state index in [-0.39, 0.29) is 0 Å². The second kappa shape index (κ2) is 5.61. The molecule has 0 amide bonds. The van der Waals surface area contributed by atoms with Gasteiger partial charge in [-0.1, -0.05) is 12.1 Å². The Morgan fingerprint density at radius 3 is 2.94 bits per heavy atom. The van der Waals surface area contributed by atoms with Crippen LogP contribution in [0.25, 0.3) is 0 Å². The molecule has 2 aromatic rings. The third-order valence-electron chi connectivity index (χ3n) is 2.31. The number of pyridine rings is 2. The minimum atomic E-state index is 0.427. The van der Waals surface area contributed by atoms with Gasteiger partial charge in [-0.3, -0.25) is 4.98 Å². The average molecular weight is 224 g/mol. The number of aromatic nitrogens is 2. The molecule has 0 bridgehead atoms. The largest absolute Gasteiger partial charge is 0.370 e. The summed E-state index contributed by atoms with van der Waals surface area (Å²) >= 11 is 0. The van der Waals surface area contributed by atoms with Crippen molar-refractivity contribution in [1.82, 2.24) is 9.97 Å². The Labute approximate surface area is 100.0 Å². The number of nitriles is 1. The molecule has 84 valence electrons. The normalized spacial score (nSPS) is 9.59. The number of hydrogen-bond acceptors (Lipinski definition) is 4. The highest BCUT2D eigenvalue weighted by Crippen LogP contribution is 2.04. The van der Waals surface area contributed by atoms with Crippen LogP contribution in [0.4, 0.5) is 5.82 Å². The molecule has 4 heteroatoms. The zero-order valence-electron chi connectivity index (χ0n) is 9.30. The van der Waals surface area contributed by atoms with Gasteiger partial charge in [-0.25, -0.2) is 4.98 Å². The maximum Gasteiger partial charge on any atom is 0.142 e. The lowest BCUT2D eigenvalue weighted by Crippen LogP contribution is -2.06. The van der Waals surface area contributed by atoms with Crippen LogP contribution >= 0.6 is 0 Å². The monoisotopic (exact) mass is 224 g/mol. The molecule has 0 saturated carbocycles. The first-order chi connectivity index (χ1) is 8.38. The Bertz CT molecular complexity index is 516. The minimum Gasteiger partial charge on any atom is -0.370 e. The van der Waals surface area contributed by atoms with Gasteiger partial charge in [-0.15, -0.1) is 0 Å². The van der Waals surface area contributed by atoms with Gasteiger partial charge in [0.1, 0.15) is 17.6 Å². The van der Waals surface area contributed by atoms with Gasteiger partial charge < -0.3 is 5.32 Å². The van der Waals surface area contributed by atoms with Gasteiger partial charge in [-0.05, 0) is 30.2 Å². The number of rotatable bonds is 4. The van der Waals surface area contributed by atoms with Gasteiger partial charge >= 0.3 is 0 Å². The Hall–Kier alpha value is -2.41. The summed E-state index contributed by atoms with van der Waals surface area (Å²) in [4.78, 5) is 8.19. The molecule has 0 unspecified atom stereocenters. The third-order valence-corrected chi connectivity index (χ3v) is 2.31. The number of hydrogen-bond donors (Lipinski definition) is 1. The second-order valence-electron chi connectivity index (χ2n) is 3.56. The van der Waals surface area contributed by atoms with E-state index in [0.717, 1.165) is 18.8 Å². The Kier molecular flexibility index (Phi) is 3.66. The molecule has 0 aromatic carbocycles. The molecule has 1 N–H and O–H groups in total. The first kappa shape index (κ1) is 11.1. The maximum atomic E-state index is 8.72. The molecule has 0 spiro atoms. The smallest absolute Gasteiger partial charge is 0.142 e. The number of nitrogens with zero attached hydrogens (tertiary/aromatic N) is 3. The van der Waals surface area contributed by atoms with Gasteiger partial charge in [0, 0.05) is 18.9 Å². The Morgan fingerprint density at radius 2 is 2.18 bits per heavy atom. The van der Waals surface area contributed by atoms with Crippen LogP contribution < -0.4 is 5.32 Å². The number of anilines is 1. The molecule has 4 nitrogen and oxygen atoms in total. The van der Waals surface area contributed by atoms with E-state index in [2.05, 4.69) is 15.3 Å². The summed E-state index contributed by atoms with van der Waals surface area (Å²) in [6.07, 6.45) is 4.49. The first-order valence-corrected chi connectivity index (χ1v) is 5.38. The zero-order valence-corrected chi connectivity index (χ0v) is 9.30. The lowest BCUT2D eigenvalue weighted by molar-refractivity contribution is 0.992. The van der Waals surface area contributed by atoms with Crippen molar-refractivity contribution in [1.29, 1.82) is 5.26 Å². The van der Waals surface area contributed by atoms with Crippen molar-refractivity contribution in [3.05, 3.63) is 54.0 Å². The summed E-state index contributed by atoms with van der Waals surface area (Å²) in [6, 6.07) is 11.3. The van der Waals surface area contributed by atoms with Gasteiger partial charge in [0.25, 0.3) is 0 Å². The predicted octanol–water partition coefficient (Wildman–Crippen LogP) is 2.00. The van der Waals surface area contributed by atoms with E-state index >= 15 is 0 Å². The molecule has 17 heavy (non-hydrogen) atoms. The van der Waals surface area contributed by atoms with E-state index in [4.69, 9.17) is 5.26 Å². The van der Waals surface area contributed by atoms with Gasteiger partial charge in [0.05, 0.1) is 0 Å². The van der Waals surface area contributed by atoms with E-state index in [1.807, 2.05) is 36.5 Å². The highest BCUT2D eigenvalue weighted by molar-refractivity contribution is 5.38. The van der Waals surface area contributed by atoms with Crippen LogP contribution in [0.15, 0.2) is 42.7 Å². The van der Waals surface area contributed by atoms with Gasteiger partial charge in [0.15, 0.2) is 0 Å². The zero-order chi connectivity index (χ0) is 11.9. The molecule has 0 aliphatic heterocycles. The van der Waals surface area contributed by atoms with Crippen molar-refractivity contribution in [2.24, 2.45) is 0 Å². The van der Waals surface area contributed by atoms with E-state index in [9.17, 15) is 0 Å². The van der Waals surface area contributed by atoms with Crippen LogP contribution in [-0.2, 0) is 6.42 Å². The summed E-state index contributed by atoms with van der Waals surface area (Å²) in [6.45, 7) is 0.771. The second-order valence-corrected chi connectivity index (χ2v) is 3.56. The van der Waals surface area contributed by atoms with Crippen molar-refractivity contribution < 1.29 is 0 Å². The fourth-order valence-corrected chi connectivity index (χ4v) is 1.48. The first-order valence-electron chi connectivity index (χ1n) is 5.38. The quantitative estimate of drug-likeness (QED) is 0.862. The molecule has 2 rings (SSSR count). The molecule has 0 saturated heterocycles. The van der Waals surface area contributed by atoms with Crippen LogP contribution in [-0.4, -0.2) is 16.5 Å². The lowest BCUT2D eigenvalue weighted by Gasteiger charge is -2.05. The summed E-state index contributed by atoms with van der Waals surface area (Å²) in [5, 5.41) is 11.9. The SMILES string of the molecule is N#Cc1cccc(NCCc2cccnc2)n1. The third kappa shape index (κ3) is 3.28. The van der Waals surface area contributed by atoms with E-state index in [1.54, 1.807) is 12.3 Å². The molecule has 2 aromatic heterocycles.